The Bertz CT molecular complexity index is 946. The molecule has 0 saturated carbocycles. The molecule has 3 N–H and O–H groups in total. The second-order valence-corrected chi connectivity index (χ2v) is 5.25. The van der Waals surface area contributed by atoms with E-state index in [4.69, 9.17) is 10.5 Å². The molecular weight excluding hydrogens is 274 g/mol. The molecule has 2 aromatic carbocycles. The Morgan fingerprint density at radius 3 is 2.68 bits per heavy atom. The van der Waals surface area contributed by atoms with E-state index in [-0.39, 0.29) is 11.8 Å². The van der Waals surface area contributed by atoms with Crippen molar-refractivity contribution < 1.29 is 4.74 Å². The monoisotopic (exact) mass is 287 g/mol. The van der Waals surface area contributed by atoms with Crippen LogP contribution in [0.4, 0.5) is 0 Å². The van der Waals surface area contributed by atoms with Crippen LogP contribution in [0.5, 0.6) is 5.75 Å². The SMILES string of the molecule is N#CC1=C(N)Oc2ccccc2C1c1c[nH]c2ccccc12. The van der Waals surface area contributed by atoms with Crippen molar-refractivity contribution in [3.63, 3.8) is 0 Å². The molecule has 4 nitrogen and oxygen atoms in total. The summed E-state index contributed by atoms with van der Waals surface area (Å²) in [6.07, 6.45) is 1.95. The van der Waals surface area contributed by atoms with Crippen molar-refractivity contribution in [1.29, 1.82) is 5.26 Å². The summed E-state index contributed by atoms with van der Waals surface area (Å²) in [6, 6.07) is 17.9. The lowest BCUT2D eigenvalue weighted by Crippen LogP contribution is -2.20. The third-order valence-corrected chi connectivity index (χ3v) is 4.06. The number of hydrogen-bond acceptors (Lipinski definition) is 3. The first-order valence-corrected chi connectivity index (χ1v) is 7.02. The standard InChI is InChI=1S/C18H13N3O/c19-9-13-17(12-6-2-4-8-16(12)22-18(13)20)14-10-21-15-7-3-1-5-11(14)15/h1-8,10,17,21H,20H2. The number of para-hydroxylation sites is 2. The first kappa shape index (κ1) is 12.5. The minimum absolute atomic E-state index is 0.177. The quantitative estimate of drug-likeness (QED) is 0.720. The highest BCUT2D eigenvalue weighted by atomic mass is 16.5. The van der Waals surface area contributed by atoms with Crippen LogP contribution in [-0.4, -0.2) is 4.98 Å². The molecule has 0 bridgehead atoms. The van der Waals surface area contributed by atoms with Crippen molar-refractivity contribution >= 4 is 10.9 Å². The number of fused-ring (bicyclic) bond motifs is 2. The number of rotatable bonds is 1. The van der Waals surface area contributed by atoms with Crippen molar-refractivity contribution in [3.8, 4) is 11.8 Å². The highest BCUT2D eigenvalue weighted by Crippen LogP contribution is 2.43. The third kappa shape index (κ3) is 1.69. The molecule has 0 amide bonds. The molecule has 3 aromatic rings. The van der Waals surface area contributed by atoms with Crippen LogP contribution in [0.1, 0.15) is 17.0 Å². The number of aromatic amines is 1. The van der Waals surface area contributed by atoms with Gasteiger partial charge >= 0.3 is 0 Å². The Morgan fingerprint density at radius 1 is 1.05 bits per heavy atom. The highest BCUT2D eigenvalue weighted by molar-refractivity contribution is 5.85. The molecule has 0 spiro atoms. The van der Waals surface area contributed by atoms with E-state index in [1.807, 2.05) is 54.7 Å². The van der Waals surface area contributed by atoms with E-state index in [9.17, 15) is 5.26 Å². The van der Waals surface area contributed by atoms with Gasteiger partial charge in [-0.1, -0.05) is 36.4 Å². The van der Waals surface area contributed by atoms with Gasteiger partial charge in [0.05, 0.1) is 5.92 Å². The zero-order valence-corrected chi connectivity index (χ0v) is 11.7. The largest absolute Gasteiger partial charge is 0.440 e. The molecule has 1 unspecified atom stereocenters. The van der Waals surface area contributed by atoms with Crippen molar-refractivity contribution in [2.75, 3.05) is 0 Å². The fourth-order valence-corrected chi connectivity index (χ4v) is 3.06. The predicted octanol–water partition coefficient (Wildman–Crippen LogP) is 3.39. The summed E-state index contributed by atoms with van der Waals surface area (Å²) < 4.78 is 5.60. The molecule has 1 atom stereocenters. The van der Waals surface area contributed by atoms with Crippen LogP contribution >= 0.6 is 0 Å². The first-order chi connectivity index (χ1) is 10.8. The molecule has 0 aliphatic carbocycles. The number of aromatic nitrogens is 1. The first-order valence-electron chi connectivity index (χ1n) is 7.02. The molecule has 4 heteroatoms. The fourth-order valence-electron chi connectivity index (χ4n) is 3.06. The Labute approximate surface area is 127 Å². The van der Waals surface area contributed by atoms with E-state index in [1.54, 1.807) is 0 Å². The summed E-state index contributed by atoms with van der Waals surface area (Å²) >= 11 is 0. The number of nitriles is 1. The minimum Gasteiger partial charge on any atom is -0.440 e. The number of benzene rings is 2. The van der Waals surface area contributed by atoms with Crippen LogP contribution in [0.25, 0.3) is 10.9 Å². The maximum Gasteiger partial charge on any atom is 0.205 e. The maximum atomic E-state index is 9.55. The summed E-state index contributed by atoms with van der Waals surface area (Å²) in [5.74, 6) is 0.664. The lowest BCUT2D eigenvalue weighted by atomic mass is 9.83. The van der Waals surface area contributed by atoms with E-state index < -0.39 is 0 Å². The minimum atomic E-state index is -0.217. The van der Waals surface area contributed by atoms with Crippen LogP contribution in [-0.2, 0) is 0 Å². The number of hydrogen-bond donors (Lipinski definition) is 2. The van der Waals surface area contributed by atoms with Crippen molar-refractivity contribution in [3.05, 3.63) is 77.3 Å². The van der Waals surface area contributed by atoms with Gasteiger partial charge in [0.25, 0.3) is 0 Å². The van der Waals surface area contributed by atoms with E-state index in [2.05, 4.69) is 11.1 Å². The number of nitrogens with zero attached hydrogens (tertiary/aromatic N) is 1. The lowest BCUT2D eigenvalue weighted by Gasteiger charge is -2.25. The molecule has 1 aliphatic heterocycles. The maximum absolute atomic E-state index is 9.55. The van der Waals surface area contributed by atoms with Gasteiger partial charge in [0.2, 0.25) is 5.88 Å². The summed E-state index contributed by atoms with van der Waals surface area (Å²) in [5, 5.41) is 10.6. The molecule has 4 rings (SSSR count). The molecule has 1 aromatic heterocycles. The van der Waals surface area contributed by atoms with E-state index >= 15 is 0 Å². The molecule has 22 heavy (non-hydrogen) atoms. The van der Waals surface area contributed by atoms with Gasteiger partial charge in [0.15, 0.2) is 0 Å². The smallest absolute Gasteiger partial charge is 0.205 e. The van der Waals surface area contributed by atoms with Crippen LogP contribution in [0.3, 0.4) is 0 Å². The van der Waals surface area contributed by atoms with Gasteiger partial charge in [0.1, 0.15) is 17.4 Å². The number of ether oxygens (including phenoxy) is 1. The van der Waals surface area contributed by atoms with Gasteiger partial charge in [-0.2, -0.15) is 5.26 Å². The topological polar surface area (TPSA) is 74.8 Å². The van der Waals surface area contributed by atoms with Crippen LogP contribution < -0.4 is 10.5 Å². The predicted molar refractivity (Wildman–Crippen MR) is 84.0 cm³/mol. The van der Waals surface area contributed by atoms with Gasteiger partial charge in [0, 0.05) is 22.7 Å². The second-order valence-electron chi connectivity index (χ2n) is 5.25. The number of nitrogens with two attached hydrogens (primary N) is 1. The molecule has 2 heterocycles. The average Bonchev–Trinajstić information content (AvgIpc) is 2.97. The fraction of sp³-hybridized carbons (Fsp3) is 0.0556. The van der Waals surface area contributed by atoms with E-state index in [1.165, 1.54) is 0 Å². The van der Waals surface area contributed by atoms with Crippen LogP contribution in [0.2, 0.25) is 0 Å². The van der Waals surface area contributed by atoms with Crippen molar-refractivity contribution in [2.24, 2.45) is 5.73 Å². The molecule has 1 aliphatic rings. The number of H-pyrrole nitrogens is 1. The molecule has 106 valence electrons. The normalized spacial score (nSPS) is 17.0. The van der Waals surface area contributed by atoms with Crippen LogP contribution in [0, 0.1) is 11.3 Å². The molecular formula is C18H13N3O. The van der Waals surface area contributed by atoms with Gasteiger partial charge in [-0.05, 0) is 17.7 Å². The van der Waals surface area contributed by atoms with E-state index in [0.29, 0.717) is 11.3 Å². The van der Waals surface area contributed by atoms with E-state index in [0.717, 1.165) is 22.0 Å². The zero-order chi connectivity index (χ0) is 15.1. The Kier molecular flexibility index (Phi) is 2.67. The second kappa shape index (κ2) is 4.68. The molecule has 0 saturated heterocycles. The number of allylic oxidation sites excluding steroid dienone is 1. The third-order valence-electron chi connectivity index (χ3n) is 4.06. The van der Waals surface area contributed by atoms with Gasteiger partial charge in [-0.25, -0.2) is 0 Å². The average molecular weight is 287 g/mol. The summed E-state index contributed by atoms with van der Waals surface area (Å²) in [5.41, 5.74) is 9.45. The van der Waals surface area contributed by atoms with Gasteiger partial charge < -0.3 is 15.5 Å². The van der Waals surface area contributed by atoms with Gasteiger partial charge in [-0.3, -0.25) is 0 Å². The summed E-state index contributed by atoms with van der Waals surface area (Å²) in [7, 11) is 0. The highest BCUT2D eigenvalue weighted by Gasteiger charge is 2.31. The zero-order valence-electron chi connectivity index (χ0n) is 11.7. The summed E-state index contributed by atoms with van der Waals surface area (Å²) in [4.78, 5) is 3.26. The molecule has 0 radical (unpaired) electrons. The van der Waals surface area contributed by atoms with Crippen LogP contribution in [0.15, 0.2) is 66.2 Å². The summed E-state index contributed by atoms with van der Waals surface area (Å²) in [6.45, 7) is 0. The van der Waals surface area contributed by atoms with Crippen molar-refractivity contribution in [2.45, 2.75) is 5.92 Å². The van der Waals surface area contributed by atoms with Crippen molar-refractivity contribution in [1.82, 2.24) is 4.98 Å². The molecule has 0 fully saturated rings. The number of nitrogens with one attached hydrogen (secondary N) is 1. The lowest BCUT2D eigenvalue weighted by molar-refractivity contribution is 0.394. The Hall–Kier alpha value is -3.19. The van der Waals surface area contributed by atoms with Gasteiger partial charge in [-0.15, -0.1) is 0 Å². The Balaban J connectivity index is 2.02. The Morgan fingerprint density at radius 2 is 1.82 bits per heavy atom.